The molecule has 1 amide bonds. The predicted molar refractivity (Wildman–Crippen MR) is 79.9 cm³/mol. The molecular formula is C12H27ClN2OS. The smallest absolute Gasteiger partial charge is 0.236 e. The molecule has 0 bridgehead atoms. The van der Waals surface area contributed by atoms with Crippen molar-refractivity contribution in [1.82, 2.24) is 5.32 Å². The molecule has 0 heterocycles. The number of halogens is 1. The van der Waals surface area contributed by atoms with Crippen LogP contribution in [0.25, 0.3) is 0 Å². The molecule has 0 fully saturated rings. The van der Waals surface area contributed by atoms with Crippen LogP contribution in [0, 0.1) is 5.92 Å². The highest BCUT2D eigenvalue weighted by atomic mass is 35.5. The number of carbonyl (C=O) groups excluding carboxylic acids is 1. The molecule has 17 heavy (non-hydrogen) atoms. The molecule has 0 saturated carbocycles. The van der Waals surface area contributed by atoms with Gasteiger partial charge in [0.05, 0.1) is 6.04 Å². The van der Waals surface area contributed by atoms with Gasteiger partial charge in [-0.15, -0.1) is 12.4 Å². The third-order valence-electron chi connectivity index (χ3n) is 2.15. The number of hydrogen-bond donors (Lipinski definition) is 2. The van der Waals surface area contributed by atoms with Crippen LogP contribution in [0.1, 0.15) is 40.0 Å². The second-order valence-electron chi connectivity index (χ2n) is 4.51. The quantitative estimate of drug-likeness (QED) is 0.639. The van der Waals surface area contributed by atoms with Crippen molar-refractivity contribution in [3.8, 4) is 0 Å². The van der Waals surface area contributed by atoms with Crippen molar-refractivity contribution in [2.45, 2.75) is 46.1 Å². The standard InChI is InChI=1S/C12H26N2OS.ClH/c1-4-6-11(13)12(15)14-7-5-8-16-9-10(2)3;/h10-11H,4-9,13H2,1-3H3,(H,14,15);1H. The van der Waals surface area contributed by atoms with Crippen LogP contribution >= 0.6 is 24.2 Å². The van der Waals surface area contributed by atoms with Gasteiger partial charge in [0.15, 0.2) is 0 Å². The Morgan fingerprint density at radius 2 is 2.06 bits per heavy atom. The van der Waals surface area contributed by atoms with Gasteiger partial charge in [0, 0.05) is 6.54 Å². The molecule has 0 aromatic rings. The lowest BCUT2D eigenvalue weighted by Gasteiger charge is -2.11. The van der Waals surface area contributed by atoms with Crippen LogP contribution in [-0.4, -0.2) is 30.0 Å². The van der Waals surface area contributed by atoms with E-state index in [-0.39, 0.29) is 24.4 Å². The summed E-state index contributed by atoms with van der Waals surface area (Å²) in [5.74, 6) is 3.05. The number of carbonyl (C=O) groups is 1. The van der Waals surface area contributed by atoms with Crippen LogP contribution < -0.4 is 11.1 Å². The van der Waals surface area contributed by atoms with Crippen LogP contribution in [0.15, 0.2) is 0 Å². The highest BCUT2D eigenvalue weighted by Gasteiger charge is 2.10. The summed E-state index contributed by atoms with van der Waals surface area (Å²) in [5.41, 5.74) is 5.69. The predicted octanol–water partition coefficient (Wildman–Crippen LogP) is 2.43. The van der Waals surface area contributed by atoms with E-state index in [0.29, 0.717) is 0 Å². The van der Waals surface area contributed by atoms with E-state index in [1.54, 1.807) is 0 Å². The maximum Gasteiger partial charge on any atom is 0.236 e. The van der Waals surface area contributed by atoms with Crippen molar-refractivity contribution in [3.63, 3.8) is 0 Å². The molecule has 104 valence electrons. The van der Waals surface area contributed by atoms with Gasteiger partial charge in [-0.1, -0.05) is 27.2 Å². The molecule has 0 radical (unpaired) electrons. The van der Waals surface area contributed by atoms with E-state index in [4.69, 9.17) is 5.73 Å². The van der Waals surface area contributed by atoms with Crippen LogP contribution in [0.3, 0.4) is 0 Å². The minimum Gasteiger partial charge on any atom is -0.355 e. The minimum atomic E-state index is -0.326. The van der Waals surface area contributed by atoms with Gasteiger partial charge < -0.3 is 11.1 Å². The highest BCUT2D eigenvalue weighted by molar-refractivity contribution is 7.99. The Morgan fingerprint density at radius 3 is 2.59 bits per heavy atom. The molecule has 0 rings (SSSR count). The Labute approximate surface area is 116 Å². The molecule has 0 spiro atoms. The monoisotopic (exact) mass is 282 g/mol. The van der Waals surface area contributed by atoms with Gasteiger partial charge >= 0.3 is 0 Å². The topological polar surface area (TPSA) is 55.1 Å². The number of nitrogens with one attached hydrogen (secondary N) is 1. The summed E-state index contributed by atoms with van der Waals surface area (Å²) in [6.45, 7) is 7.23. The Balaban J connectivity index is 0. The summed E-state index contributed by atoms with van der Waals surface area (Å²) >= 11 is 1.95. The van der Waals surface area contributed by atoms with Gasteiger partial charge in [0.2, 0.25) is 5.91 Å². The van der Waals surface area contributed by atoms with Gasteiger partial charge in [-0.2, -0.15) is 11.8 Å². The second kappa shape index (κ2) is 12.5. The summed E-state index contributed by atoms with van der Waals surface area (Å²) in [5, 5.41) is 2.88. The lowest BCUT2D eigenvalue weighted by molar-refractivity contribution is -0.122. The van der Waals surface area contributed by atoms with E-state index < -0.39 is 0 Å². The minimum absolute atomic E-state index is 0. The first-order valence-corrected chi connectivity index (χ1v) is 7.34. The molecule has 5 heteroatoms. The summed E-state index contributed by atoms with van der Waals surface area (Å²) in [4.78, 5) is 11.4. The van der Waals surface area contributed by atoms with Gasteiger partial charge in [-0.3, -0.25) is 4.79 Å². The molecule has 0 aliphatic heterocycles. The number of hydrogen-bond acceptors (Lipinski definition) is 3. The molecule has 0 aromatic carbocycles. The SMILES string of the molecule is CCCC(N)C(=O)NCCCSCC(C)C.Cl. The van der Waals surface area contributed by atoms with Crippen LogP contribution in [0.5, 0.6) is 0 Å². The van der Waals surface area contributed by atoms with Crippen molar-refractivity contribution >= 4 is 30.1 Å². The Morgan fingerprint density at radius 1 is 1.41 bits per heavy atom. The Bertz CT molecular complexity index is 191. The van der Waals surface area contributed by atoms with Crippen molar-refractivity contribution in [1.29, 1.82) is 0 Å². The fourth-order valence-electron chi connectivity index (χ4n) is 1.28. The van der Waals surface area contributed by atoms with Crippen LogP contribution in [0.2, 0.25) is 0 Å². The fourth-order valence-corrected chi connectivity index (χ4v) is 2.26. The van der Waals surface area contributed by atoms with Gasteiger partial charge in [-0.25, -0.2) is 0 Å². The number of rotatable bonds is 9. The third kappa shape index (κ3) is 12.3. The maximum atomic E-state index is 11.4. The summed E-state index contributed by atoms with van der Waals surface area (Å²) < 4.78 is 0. The van der Waals surface area contributed by atoms with E-state index in [2.05, 4.69) is 19.2 Å². The van der Waals surface area contributed by atoms with E-state index in [0.717, 1.165) is 37.5 Å². The number of nitrogens with two attached hydrogens (primary N) is 1. The summed E-state index contributed by atoms with van der Waals surface area (Å²) in [6, 6.07) is -0.326. The lowest BCUT2D eigenvalue weighted by atomic mass is 10.2. The van der Waals surface area contributed by atoms with Crippen molar-refractivity contribution in [2.24, 2.45) is 11.7 Å². The zero-order valence-electron chi connectivity index (χ0n) is 11.2. The first-order valence-electron chi connectivity index (χ1n) is 6.19. The maximum absolute atomic E-state index is 11.4. The zero-order valence-corrected chi connectivity index (χ0v) is 12.8. The summed E-state index contributed by atoms with van der Waals surface area (Å²) in [6.07, 6.45) is 2.76. The van der Waals surface area contributed by atoms with Crippen molar-refractivity contribution in [2.75, 3.05) is 18.1 Å². The van der Waals surface area contributed by atoms with Gasteiger partial charge in [0.25, 0.3) is 0 Å². The van der Waals surface area contributed by atoms with Crippen LogP contribution in [-0.2, 0) is 4.79 Å². The second-order valence-corrected chi connectivity index (χ2v) is 5.66. The van der Waals surface area contributed by atoms with E-state index in [1.807, 2.05) is 18.7 Å². The van der Waals surface area contributed by atoms with Gasteiger partial charge in [0.1, 0.15) is 0 Å². The van der Waals surface area contributed by atoms with E-state index in [9.17, 15) is 4.79 Å². The van der Waals surface area contributed by atoms with E-state index >= 15 is 0 Å². The van der Waals surface area contributed by atoms with Crippen molar-refractivity contribution < 1.29 is 4.79 Å². The Kier molecular flexibility index (Phi) is 14.3. The average molecular weight is 283 g/mol. The molecule has 1 unspecified atom stereocenters. The normalized spacial score (nSPS) is 12.1. The van der Waals surface area contributed by atoms with Crippen LogP contribution in [0.4, 0.5) is 0 Å². The first-order chi connectivity index (χ1) is 7.57. The first kappa shape index (κ1) is 19.4. The average Bonchev–Trinajstić information content (AvgIpc) is 2.22. The fraction of sp³-hybridized carbons (Fsp3) is 0.917. The molecule has 1 atom stereocenters. The molecular weight excluding hydrogens is 256 g/mol. The molecule has 0 aromatic heterocycles. The molecule has 0 aliphatic rings. The highest BCUT2D eigenvalue weighted by Crippen LogP contribution is 2.07. The lowest BCUT2D eigenvalue weighted by Crippen LogP contribution is -2.40. The van der Waals surface area contributed by atoms with Gasteiger partial charge in [-0.05, 0) is 30.3 Å². The largest absolute Gasteiger partial charge is 0.355 e. The van der Waals surface area contributed by atoms with Crippen molar-refractivity contribution in [3.05, 3.63) is 0 Å². The molecule has 0 saturated heterocycles. The third-order valence-corrected chi connectivity index (χ3v) is 3.63. The molecule has 3 nitrogen and oxygen atoms in total. The Hall–Kier alpha value is 0.0700. The van der Waals surface area contributed by atoms with E-state index in [1.165, 1.54) is 5.75 Å². The molecule has 3 N–H and O–H groups in total. The number of thioether (sulfide) groups is 1. The zero-order chi connectivity index (χ0) is 12.4. The summed E-state index contributed by atoms with van der Waals surface area (Å²) in [7, 11) is 0. The molecule has 0 aliphatic carbocycles. The number of amides is 1.